The van der Waals surface area contributed by atoms with Crippen LogP contribution in [-0.4, -0.2) is 26.4 Å². The first-order valence-corrected chi connectivity index (χ1v) is 9.47. The molecule has 0 aliphatic heterocycles. The fourth-order valence-electron chi connectivity index (χ4n) is 2.79. The molecule has 1 saturated carbocycles. The molecule has 1 N–H and O–H groups in total. The quantitative estimate of drug-likeness (QED) is 0.780. The molecule has 1 aliphatic rings. The van der Waals surface area contributed by atoms with Crippen molar-refractivity contribution >= 4 is 17.7 Å². The topological polar surface area (TPSA) is 59.8 Å². The van der Waals surface area contributed by atoms with Crippen LogP contribution in [0.3, 0.4) is 0 Å². The molecule has 1 fully saturated rings. The van der Waals surface area contributed by atoms with Gasteiger partial charge in [-0.05, 0) is 38.7 Å². The lowest BCUT2D eigenvalue weighted by atomic mass is 10.0. The third kappa shape index (κ3) is 3.98. The molecule has 1 aliphatic carbocycles. The minimum absolute atomic E-state index is 0.0374. The molecule has 1 heterocycles. The van der Waals surface area contributed by atoms with Crippen molar-refractivity contribution in [2.24, 2.45) is 0 Å². The summed E-state index contributed by atoms with van der Waals surface area (Å²) >= 11 is 1.47. The van der Waals surface area contributed by atoms with Crippen LogP contribution >= 0.6 is 11.8 Å². The van der Waals surface area contributed by atoms with Crippen molar-refractivity contribution in [2.75, 3.05) is 5.75 Å². The predicted octanol–water partition coefficient (Wildman–Crippen LogP) is 3.59. The first-order chi connectivity index (χ1) is 11.6. The van der Waals surface area contributed by atoms with Gasteiger partial charge in [-0.3, -0.25) is 4.79 Å². The van der Waals surface area contributed by atoms with Crippen molar-refractivity contribution in [3.8, 4) is 0 Å². The minimum atomic E-state index is 0.0374. The van der Waals surface area contributed by atoms with Gasteiger partial charge in [-0.15, -0.1) is 10.2 Å². The fourth-order valence-corrected chi connectivity index (χ4v) is 3.65. The lowest BCUT2D eigenvalue weighted by Gasteiger charge is -2.17. The van der Waals surface area contributed by atoms with Crippen LogP contribution in [-0.2, 0) is 4.79 Å². The van der Waals surface area contributed by atoms with Gasteiger partial charge in [0.15, 0.2) is 5.16 Å². The molecule has 3 rings (SSSR count). The van der Waals surface area contributed by atoms with Crippen molar-refractivity contribution in [3.05, 3.63) is 41.2 Å². The van der Waals surface area contributed by atoms with Gasteiger partial charge in [-0.2, -0.15) is 0 Å². The molecule has 128 valence electrons. The third-order valence-corrected chi connectivity index (χ3v) is 5.25. The second-order valence-corrected chi connectivity index (χ2v) is 7.30. The van der Waals surface area contributed by atoms with Gasteiger partial charge >= 0.3 is 0 Å². The van der Waals surface area contributed by atoms with E-state index in [0.717, 1.165) is 23.0 Å². The van der Waals surface area contributed by atoms with Gasteiger partial charge in [0.1, 0.15) is 5.82 Å². The number of carbonyl (C=O) groups excluding carboxylic acids is 1. The average Bonchev–Trinajstić information content (AvgIpc) is 3.34. The number of hydrogen-bond acceptors (Lipinski definition) is 4. The maximum atomic E-state index is 12.3. The molecule has 1 aromatic carbocycles. The van der Waals surface area contributed by atoms with Crippen molar-refractivity contribution in [3.63, 3.8) is 0 Å². The van der Waals surface area contributed by atoms with E-state index < -0.39 is 0 Å². The number of thioether (sulfide) groups is 1. The van der Waals surface area contributed by atoms with E-state index in [0.29, 0.717) is 11.8 Å². The van der Waals surface area contributed by atoms with Gasteiger partial charge in [0.25, 0.3) is 0 Å². The van der Waals surface area contributed by atoms with E-state index in [9.17, 15) is 4.79 Å². The zero-order chi connectivity index (χ0) is 17.1. The van der Waals surface area contributed by atoms with E-state index in [2.05, 4.69) is 58.2 Å². The number of benzene rings is 1. The summed E-state index contributed by atoms with van der Waals surface area (Å²) in [5.74, 6) is 1.34. The van der Waals surface area contributed by atoms with E-state index in [4.69, 9.17) is 0 Å². The molecule has 0 radical (unpaired) electrons. The molecule has 5 nitrogen and oxygen atoms in total. The zero-order valence-electron chi connectivity index (χ0n) is 14.5. The highest BCUT2D eigenvalue weighted by Gasteiger charge is 2.28. The Kier molecular flexibility index (Phi) is 5.23. The number of hydrogen-bond donors (Lipinski definition) is 1. The lowest BCUT2D eigenvalue weighted by molar-refractivity contribution is -0.119. The third-order valence-electron chi connectivity index (χ3n) is 4.30. The summed E-state index contributed by atoms with van der Waals surface area (Å²) in [6, 6.07) is 8.93. The normalized spacial score (nSPS) is 15.3. The van der Waals surface area contributed by atoms with Crippen molar-refractivity contribution in [1.29, 1.82) is 0 Å². The summed E-state index contributed by atoms with van der Waals surface area (Å²) in [6.07, 6.45) is 3.24. The summed E-state index contributed by atoms with van der Waals surface area (Å²) in [7, 11) is 0. The van der Waals surface area contributed by atoms with Gasteiger partial charge in [-0.1, -0.05) is 48.5 Å². The van der Waals surface area contributed by atoms with Crippen LogP contribution in [0.25, 0.3) is 0 Å². The first kappa shape index (κ1) is 17.0. The standard InChI is InChI=1S/C18H24N4OS/c1-4-16(14-7-5-12(2)6-8-14)19-17(23)11-24-18-21-20-13(3)22(18)15-9-10-15/h5-8,15-16H,4,9-11H2,1-3H3,(H,19,23)/t16-/m1/s1. The van der Waals surface area contributed by atoms with E-state index in [-0.39, 0.29) is 11.9 Å². The van der Waals surface area contributed by atoms with Crippen LogP contribution < -0.4 is 5.32 Å². The summed E-state index contributed by atoms with van der Waals surface area (Å²) in [4.78, 5) is 12.3. The Hall–Kier alpha value is -1.82. The maximum Gasteiger partial charge on any atom is 0.230 e. The highest BCUT2D eigenvalue weighted by atomic mass is 32.2. The second-order valence-electron chi connectivity index (χ2n) is 6.36. The van der Waals surface area contributed by atoms with Crippen LogP contribution in [0.1, 0.15) is 55.2 Å². The molecular weight excluding hydrogens is 320 g/mol. The Morgan fingerprint density at radius 2 is 2.00 bits per heavy atom. The fraction of sp³-hybridized carbons (Fsp3) is 0.500. The predicted molar refractivity (Wildman–Crippen MR) is 96.1 cm³/mol. The highest BCUT2D eigenvalue weighted by molar-refractivity contribution is 7.99. The summed E-state index contributed by atoms with van der Waals surface area (Å²) in [6.45, 7) is 6.13. The molecule has 0 spiro atoms. The number of aromatic nitrogens is 3. The van der Waals surface area contributed by atoms with Gasteiger partial charge < -0.3 is 9.88 Å². The smallest absolute Gasteiger partial charge is 0.230 e. The minimum Gasteiger partial charge on any atom is -0.349 e. The number of aryl methyl sites for hydroxylation is 2. The summed E-state index contributed by atoms with van der Waals surface area (Å²) in [5, 5.41) is 12.3. The number of amides is 1. The van der Waals surface area contributed by atoms with Crippen LogP contribution in [0.2, 0.25) is 0 Å². The molecule has 1 amide bonds. The molecule has 0 unspecified atom stereocenters. The largest absolute Gasteiger partial charge is 0.349 e. The zero-order valence-corrected chi connectivity index (χ0v) is 15.3. The first-order valence-electron chi connectivity index (χ1n) is 8.48. The Morgan fingerprint density at radius 1 is 1.29 bits per heavy atom. The number of nitrogens with one attached hydrogen (secondary N) is 1. The number of nitrogens with zero attached hydrogens (tertiary/aromatic N) is 3. The Bertz CT molecular complexity index is 706. The van der Waals surface area contributed by atoms with E-state index >= 15 is 0 Å². The molecule has 24 heavy (non-hydrogen) atoms. The molecule has 0 saturated heterocycles. The Morgan fingerprint density at radius 3 is 2.62 bits per heavy atom. The monoisotopic (exact) mass is 344 g/mol. The molecule has 0 bridgehead atoms. The van der Waals surface area contributed by atoms with E-state index in [1.54, 1.807) is 0 Å². The van der Waals surface area contributed by atoms with Crippen LogP contribution in [0.15, 0.2) is 29.4 Å². The van der Waals surface area contributed by atoms with Gasteiger partial charge in [0, 0.05) is 6.04 Å². The van der Waals surface area contributed by atoms with Crippen LogP contribution in [0, 0.1) is 13.8 Å². The molecule has 2 aromatic rings. The van der Waals surface area contributed by atoms with Crippen molar-refractivity contribution < 1.29 is 4.79 Å². The number of carbonyl (C=O) groups is 1. The molecule has 1 aromatic heterocycles. The molecule has 6 heteroatoms. The van der Waals surface area contributed by atoms with Gasteiger partial charge in [0.2, 0.25) is 5.91 Å². The SMILES string of the molecule is CC[C@@H](NC(=O)CSc1nnc(C)n1C1CC1)c1ccc(C)cc1. The van der Waals surface area contributed by atoms with Crippen molar-refractivity contribution in [1.82, 2.24) is 20.1 Å². The lowest BCUT2D eigenvalue weighted by Crippen LogP contribution is -2.29. The van der Waals surface area contributed by atoms with E-state index in [1.165, 1.54) is 30.2 Å². The average molecular weight is 344 g/mol. The molecule has 1 atom stereocenters. The highest BCUT2D eigenvalue weighted by Crippen LogP contribution is 2.38. The van der Waals surface area contributed by atoms with Crippen molar-refractivity contribution in [2.45, 2.75) is 57.3 Å². The number of rotatable bonds is 7. The van der Waals surface area contributed by atoms with Gasteiger partial charge in [0.05, 0.1) is 11.8 Å². The van der Waals surface area contributed by atoms with Gasteiger partial charge in [-0.25, -0.2) is 0 Å². The summed E-state index contributed by atoms with van der Waals surface area (Å²) in [5.41, 5.74) is 2.38. The van der Waals surface area contributed by atoms with Crippen LogP contribution in [0.5, 0.6) is 0 Å². The van der Waals surface area contributed by atoms with Crippen LogP contribution in [0.4, 0.5) is 0 Å². The molecular formula is C18H24N4OS. The summed E-state index contributed by atoms with van der Waals surface area (Å²) < 4.78 is 2.16. The van der Waals surface area contributed by atoms with E-state index in [1.807, 2.05) is 6.92 Å². The Balaban J connectivity index is 1.57. The second kappa shape index (κ2) is 7.38. The maximum absolute atomic E-state index is 12.3. The Labute approximate surface area is 147 Å².